The van der Waals surface area contributed by atoms with E-state index in [2.05, 4.69) is 17.1 Å². The molecule has 0 saturated heterocycles. The van der Waals surface area contributed by atoms with E-state index in [-0.39, 0.29) is 24.3 Å². The summed E-state index contributed by atoms with van der Waals surface area (Å²) in [6, 6.07) is 3.87. The van der Waals surface area contributed by atoms with E-state index in [1.165, 1.54) is 11.3 Å². The quantitative estimate of drug-likeness (QED) is 0.726. The van der Waals surface area contributed by atoms with Crippen molar-refractivity contribution in [1.29, 1.82) is 0 Å². The Hall–Kier alpha value is -1.41. The van der Waals surface area contributed by atoms with Gasteiger partial charge in [-0.15, -0.1) is 35.1 Å². The largest absolute Gasteiger partial charge is 0.462 e. The molecule has 1 aliphatic heterocycles. The van der Waals surface area contributed by atoms with E-state index < -0.39 is 0 Å². The first-order valence-electron chi connectivity index (χ1n) is 8.48. The van der Waals surface area contributed by atoms with Gasteiger partial charge in [0.15, 0.2) is 0 Å². The van der Waals surface area contributed by atoms with Crippen molar-refractivity contribution < 1.29 is 14.3 Å². The average Bonchev–Trinajstić information content (AvgIpc) is 3.21. The first kappa shape index (κ1) is 20.9. The Kier molecular flexibility index (Phi) is 7.64. The minimum Gasteiger partial charge on any atom is -0.462 e. The van der Waals surface area contributed by atoms with Crippen LogP contribution in [0.2, 0.25) is 0 Å². The van der Waals surface area contributed by atoms with Gasteiger partial charge >= 0.3 is 5.97 Å². The predicted molar refractivity (Wildman–Crippen MR) is 109 cm³/mol. The number of carbonyl (C=O) groups excluding carboxylic acids is 2. The molecule has 0 radical (unpaired) electrons. The number of amides is 1. The van der Waals surface area contributed by atoms with Gasteiger partial charge in [0.25, 0.3) is 0 Å². The highest BCUT2D eigenvalue weighted by atomic mass is 35.5. The zero-order chi connectivity index (χ0) is 17.8. The number of nitrogens with one attached hydrogen (secondary N) is 1. The monoisotopic (exact) mass is 414 g/mol. The van der Waals surface area contributed by atoms with Crippen molar-refractivity contribution in [2.24, 2.45) is 0 Å². The Balaban J connectivity index is 0.00000243. The molecule has 142 valence electrons. The summed E-state index contributed by atoms with van der Waals surface area (Å²) in [5, 5.41) is 5.53. The number of hydrogen-bond donors (Lipinski definition) is 1. The standard InChI is InChI=1S/C18H22N2O3S2.ClH/c1-3-20-8-7-13-14(11-20)25-17(16(13)18(22)23-4-2)19-15(21)10-12-6-5-9-24-12;/h5-6,9H,3-4,7-8,10-11H2,1-2H3,(H,19,21);1H. The molecule has 3 rings (SSSR count). The van der Waals surface area contributed by atoms with Crippen LogP contribution in [-0.2, 0) is 28.9 Å². The van der Waals surface area contributed by atoms with Gasteiger partial charge in [0, 0.05) is 22.8 Å². The summed E-state index contributed by atoms with van der Waals surface area (Å²) in [4.78, 5) is 29.4. The minimum absolute atomic E-state index is 0. The van der Waals surface area contributed by atoms with Crippen molar-refractivity contribution in [2.75, 3.05) is 25.0 Å². The molecule has 0 aromatic carbocycles. The molecule has 1 aliphatic rings. The van der Waals surface area contributed by atoms with Gasteiger partial charge in [-0.1, -0.05) is 13.0 Å². The lowest BCUT2D eigenvalue weighted by Crippen LogP contribution is -2.30. The number of carbonyl (C=O) groups is 2. The number of fused-ring (bicyclic) bond motifs is 1. The van der Waals surface area contributed by atoms with Crippen molar-refractivity contribution in [1.82, 2.24) is 4.90 Å². The van der Waals surface area contributed by atoms with Crippen LogP contribution in [0, 0.1) is 0 Å². The molecule has 2 aromatic heterocycles. The lowest BCUT2D eigenvalue weighted by Gasteiger charge is -2.25. The second-order valence-corrected chi connectivity index (χ2v) is 7.99. The number of anilines is 1. The number of thiophene rings is 2. The van der Waals surface area contributed by atoms with Crippen molar-refractivity contribution in [2.45, 2.75) is 33.2 Å². The van der Waals surface area contributed by atoms with Crippen LogP contribution in [0.15, 0.2) is 17.5 Å². The summed E-state index contributed by atoms with van der Waals surface area (Å²) < 4.78 is 5.24. The van der Waals surface area contributed by atoms with E-state index in [1.54, 1.807) is 18.3 Å². The molecule has 1 N–H and O–H groups in total. The van der Waals surface area contributed by atoms with Crippen LogP contribution in [0.25, 0.3) is 0 Å². The molecule has 2 aromatic rings. The van der Waals surface area contributed by atoms with Crippen LogP contribution < -0.4 is 5.32 Å². The molecular weight excluding hydrogens is 392 g/mol. The maximum absolute atomic E-state index is 12.5. The lowest BCUT2D eigenvalue weighted by atomic mass is 10.0. The topological polar surface area (TPSA) is 58.6 Å². The van der Waals surface area contributed by atoms with E-state index in [4.69, 9.17) is 4.74 Å². The molecule has 0 spiro atoms. The highest BCUT2D eigenvalue weighted by Gasteiger charge is 2.29. The number of rotatable bonds is 6. The number of nitrogens with zero attached hydrogens (tertiary/aromatic N) is 1. The lowest BCUT2D eigenvalue weighted by molar-refractivity contribution is -0.115. The zero-order valence-electron chi connectivity index (χ0n) is 14.9. The van der Waals surface area contributed by atoms with E-state index in [0.717, 1.165) is 41.4 Å². The Morgan fingerprint density at radius 2 is 2.15 bits per heavy atom. The van der Waals surface area contributed by atoms with Gasteiger partial charge in [0.2, 0.25) is 5.91 Å². The van der Waals surface area contributed by atoms with E-state index in [9.17, 15) is 9.59 Å². The van der Waals surface area contributed by atoms with E-state index in [0.29, 0.717) is 23.6 Å². The molecule has 0 atom stereocenters. The second-order valence-electron chi connectivity index (χ2n) is 5.85. The average molecular weight is 415 g/mol. The zero-order valence-corrected chi connectivity index (χ0v) is 17.3. The van der Waals surface area contributed by atoms with E-state index >= 15 is 0 Å². The first-order chi connectivity index (χ1) is 12.1. The van der Waals surface area contributed by atoms with Gasteiger partial charge in [-0.3, -0.25) is 9.69 Å². The van der Waals surface area contributed by atoms with Crippen LogP contribution >= 0.6 is 35.1 Å². The Morgan fingerprint density at radius 1 is 1.35 bits per heavy atom. The summed E-state index contributed by atoms with van der Waals surface area (Å²) in [6.45, 7) is 6.98. The molecule has 0 unspecified atom stereocenters. The van der Waals surface area contributed by atoms with Crippen LogP contribution in [0.3, 0.4) is 0 Å². The number of hydrogen-bond acceptors (Lipinski definition) is 6. The molecule has 26 heavy (non-hydrogen) atoms. The third-order valence-electron chi connectivity index (χ3n) is 4.23. The van der Waals surface area contributed by atoms with Crippen molar-refractivity contribution in [3.63, 3.8) is 0 Å². The van der Waals surface area contributed by atoms with Crippen molar-refractivity contribution >= 4 is 52.0 Å². The maximum atomic E-state index is 12.5. The second kappa shape index (κ2) is 9.50. The van der Waals surface area contributed by atoms with Crippen LogP contribution in [0.1, 0.15) is 39.5 Å². The summed E-state index contributed by atoms with van der Waals surface area (Å²) >= 11 is 3.06. The molecule has 3 heterocycles. The highest BCUT2D eigenvalue weighted by Crippen LogP contribution is 2.37. The normalized spacial score (nSPS) is 13.6. The fourth-order valence-electron chi connectivity index (χ4n) is 2.98. The Labute approximate surface area is 167 Å². The molecule has 0 fully saturated rings. The molecule has 0 aliphatic carbocycles. The van der Waals surface area contributed by atoms with Gasteiger partial charge in [0.05, 0.1) is 18.6 Å². The first-order valence-corrected chi connectivity index (χ1v) is 10.2. The Bertz CT molecular complexity index is 759. The smallest absolute Gasteiger partial charge is 0.341 e. The Morgan fingerprint density at radius 3 is 2.81 bits per heavy atom. The van der Waals surface area contributed by atoms with Crippen LogP contribution in [0.5, 0.6) is 0 Å². The maximum Gasteiger partial charge on any atom is 0.341 e. The molecule has 5 nitrogen and oxygen atoms in total. The number of halogens is 1. The van der Waals surface area contributed by atoms with Gasteiger partial charge < -0.3 is 10.1 Å². The van der Waals surface area contributed by atoms with Gasteiger partial charge in [-0.2, -0.15) is 0 Å². The van der Waals surface area contributed by atoms with Crippen LogP contribution in [0.4, 0.5) is 5.00 Å². The molecule has 0 saturated carbocycles. The third kappa shape index (κ3) is 4.65. The number of esters is 1. The summed E-state index contributed by atoms with van der Waals surface area (Å²) in [7, 11) is 0. The molecule has 0 bridgehead atoms. The molecule has 1 amide bonds. The number of ether oxygens (including phenoxy) is 1. The fraction of sp³-hybridized carbons (Fsp3) is 0.444. The fourth-order valence-corrected chi connectivity index (χ4v) is 4.97. The van der Waals surface area contributed by atoms with Gasteiger partial charge in [-0.25, -0.2) is 4.79 Å². The van der Waals surface area contributed by atoms with Crippen molar-refractivity contribution in [3.05, 3.63) is 38.4 Å². The van der Waals surface area contributed by atoms with Gasteiger partial charge in [-0.05, 0) is 36.9 Å². The SMILES string of the molecule is CCOC(=O)c1c(NC(=O)Cc2cccs2)sc2c1CCN(CC)C2.Cl. The van der Waals surface area contributed by atoms with Crippen LogP contribution in [-0.4, -0.2) is 36.5 Å². The molecular formula is C18H23ClN2O3S2. The minimum atomic E-state index is -0.337. The van der Waals surface area contributed by atoms with E-state index in [1.807, 2.05) is 17.5 Å². The summed E-state index contributed by atoms with van der Waals surface area (Å²) in [5.41, 5.74) is 1.59. The highest BCUT2D eigenvalue weighted by molar-refractivity contribution is 7.17. The predicted octanol–water partition coefficient (Wildman–Crippen LogP) is 3.97. The summed E-state index contributed by atoms with van der Waals surface area (Å²) in [6.07, 6.45) is 1.14. The summed E-state index contributed by atoms with van der Waals surface area (Å²) in [5.74, 6) is -0.435. The van der Waals surface area contributed by atoms with Gasteiger partial charge in [0.1, 0.15) is 5.00 Å². The van der Waals surface area contributed by atoms with Crippen molar-refractivity contribution in [3.8, 4) is 0 Å². The number of likely N-dealkylation sites (N-methyl/N-ethyl adjacent to an activating group) is 1. The third-order valence-corrected chi connectivity index (χ3v) is 6.24. The molecule has 8 heteroatoms.